The van der Waals surface area contributed by atoms with Crippen LogP contribution in [0.15, 0.2) is 78.9 Å². The van der Waals surface area contributed by atoms with Crippen LogP contribution in [-0.2, 0) is 17.5 Å². The van der Waals surface area contributed by atoms with Crippen molar-refractivity contribution in [1.82, 2.24) is 30.0 Å². The molecule has 0 aliphatic carbocycles. The number of aliphatic carboxylic acids is 1. The number of piperazine rings is 1. The minimum atomic E-state index is -4.72. The molecule has 2 fully saturated rings. The maximum absolute atomic E-state index is 13.6. The summed E-state index contributed by atoms with van der Waals surface area (Å²) in [6.07, 6.45) is -3.84. The van der Waals surface area contributed by atoms with Gasteiger partial charge < -0.3 is 9.84 Å². The molecule has 3 aromatic carbocycles. The fourth-order valence-corrected chi connectivity index (χ4v) is 6.95. The number of tetrazole rings is 1. The fourth-order valence-electron chi connectivity index (χ4n) is 6.95. The highest BCUT2D eigenvalue weighted by Crippen LogP contribution is 2.40. The summed E-state index contributed by atoms with van der Waals surface area (Å²) in [5.41, 5.74) is 3.23. The molecule has 0 spiro atoms. The van der Waals surface area contributed by atoms with Crippen LogP contribution in [0.4, 0.5) is 13.2 Å². The first kappa shape index (κ1) is 35.1. The number of fused-ring (bicyclic) bond motifs is 1. The molecule has 0 radical (unpaired) electrons. The van der Waals surface area contributed by atoms with Crippen molar-refractivity contribution in [1.29, 1.82) is 0 Å². The highest BCUT2D eigenvalue weighted by atomic mass is 35.5. The van der Waals surface area contributed by atoms with Gasteiger partial charge in [0.15, 0.2) is 0 Å². The molecule has 2 aliphatic rings. The Morgan fingerprint density at radius 1 is 0.978 bits per heavy atom. The predicted molar refractivity (Wildman–Crippen MR) is 170 cm³/mol. The minimum absolute atomic E-state index is 0. The maximum atomic E-state index is 13.6. The van der Waals surface area contributed by atoms with Crippen molar-refractivity contribution in [3.8, 4) is 11.4 Å². The molecule has 1 aromatic heterocycles. The first-order valence-electron chi connectivity index (χ1n) is 14.5. The molecule has 3 atom stereocenters. The van der Waals surface area contributed by atoms with E-state index in [1.54, 1.807) is 12.1 Å². The summed E-state index contributed by atoms with van der Waals surface area (Å²) in [5.74, 6) is -1.40. The molecule has 0 saturated carbocycles. The third kappa shape index (κ3) is 7.46. The van der Waals surface area contributed by atoms with E-state index in [0.29, 0.717) is 42.2 Å². The Bertz CT molecular complexity index is 1560. The molecule has 1 N–H and O–H groups in total. The monoisotopic (exact) mass is 678 g/mol. The zero-order valence-corrected chi connectivity index (χ0v) is 26.6. The van der Waals surface area contributed by atoms with Crippen molar-refractivity contribution in [3.05, 3.63) is 101 Å². The molecule has 2 aliphatic heterocycles. The number of rotatable bonds is 9. The Morgan fingerprint density at radius 3 is 2.22 bits per heavy atom. The number of methoxy groups -OCH3 is 1. The first-order chi connectivity index (χ1) is 21.2. The van der Waals surface area contributed by atoms with Crippen LogP contribution in [0.1, 0.15) is 41.3 Å². The van der Waals surface area contributed by atoms with Crippen molar-refractivity contribution in [3.63, 3.8) is 0 Å². The van der Waals surface area contributed by atoms with Crippen LogP contribution in [0.5, 0.6) is 5.75 Å². The van der Waals surface area contributed by atoms with Gasteiger partial charge in [0, 0.05) is 56.2 Å². The molecule has 6 rings (SSSR count). The van der Waals surface area contributed by atoms with E-state index in [-0.39, 0.29) is 60.8 Å². The van der Waals surface area contributed by atoms with Crippen molar-refractivity contribution in [2.45, 2.75) is 43.6 Å². The number of benzene rings is 3. The standard InChI is InChI=1S/C32H33F3N6O3.2ClH/c1-44-28-13-12-25(41-31(32(33,34)35)36-37-38-41)16-24(28)18-39-19-26-14-21(15-29(42)43)17-40(26)27(20-39)30(22-8-4-2-5-9-22)23-10-6-3-7-11-23;;/h2-13,16,21,26-27,30H,14-15,17-20H2,1H3,(H,42,43);2*1H/t21-,26-,27-;;/m0../s1. The minimum Gasteiger partial charge on any atom is -0.496 e. The summed E-state index contributed by atoms with van der Waals surface area (Å²) < 4.78 is 47.1. The van der Waals surface area contributed by atoms with E-state index in [1.165, 1.54) is 24.3 Å². The van der Waals surface area contributed by atoms with Gasteiger partial charge in [0.25, 0.3) is 5.82 Å². The van der Waals surface area contributed by atoms with Gasteiger partial charge in [0.05, 0.1) is 12.8 Å². The van der Waals surface area contributed by atoms with Crippen LogP contribution in [0, 0.1) is 5.92 Å². The van der Waals surface area contributed by atoms with E-state index in [1.807, 2.05) is 36.4 Å². The number of carboxylic acids is 1. The van der Waals surface area contributed by atoms with Crippen molar-refractivity contribution in [2.75, 3.05) is 26.7 Å². The van der Waals surface area contributed by atoms with Crippen LogP contribution < -0.4 is 4.74 Å². The Labute approximate surface area is 277 Å². The molecule has 9 nitrogen and oxygen atoms in total. The second-order valence-corrected chi connectivity index (χ2v) is 11.5. The molecule has 4 aromatic rings. The summed E-state index contributed by atoms with van der Waals surface area (Å²) in [4.78, 5) is 16.5. The molecule has 46 heavy (non-hydrogen) atoms. The normalized spacial score (nSPS) is 20.1. The second kappa shape index (κ2) is 14.8. The van der Waals surface area contributed by atoms with Crippen LogP contribution in [0.2, 0.25) is 0 Å². The molecule has 0 unspecified atom stereocenters. The molecule has 246 valence electrons. The Hall–Kier alpha value is -3.71. The van der Waals surface area contributed by atoms with Crippen molar-refractivity contribution >= 4 is 30.8 Å². The topological polar surface area (TPSA) is 96.6 Å². The van der Waals surface area contributed by atoms with Crippen LogP contribution in [0.3, 0.4) is 0 Å². The van der Waals surface area contributed by atoms with Crippen molar-refractivity contribution < 1.29 is 27.8 Å². The molecular formula is C32H35Cl2F3N6O3. The van der Waals surface area contributed by atoms with E-state index in [0.717, 1.165) is 6.42 Å². The van der Waals surface area contributed by atoms with E-state index in [2.05, 4.69) is 49.6 Å². The average molecular weight is 680 g/mol. The number of ether oxygens (including phenoxy) is 1. The lowest BCUT2D eigenvalue weighted by atomic mass is 9.82. The van der Waals surface area contributed by atoms with E-state index >= 15 is 0 Å². The van der Waals surface area contributed by atoms with Gasteiger partial charge in [0.2, 0.25) is 0 Å². The summed E-state index contributed by atoms with van der Waals surface area (Å²) in [7, 11) is 1.53. The molecule has 2 saturated heterocycles. The van der Waals surface area contributed by atoms with Gasteiger partial charge >= 0.3 is 12.1 Å². The average Bonchev–Trinajstić information content (AvgIpc) is 3.66. The lowest BCUT2D eigenvalue weighted by Gasteiger charge is -2.47. The number of halogens is 5. The van der Waals surface area contributed by atoms with E-state index in [9.17, 15) is 23.1 Å². The highest BCUT2D eigenvalue weighted by molar-refractivity contribution is 5.85. The lowest BCUT2D eigenvalue weighted by Crippen LogP contribution is -2.58. The molecule has 14 heteroatoms. The number of nitrogens with zero attached hydrogens (tertiary/aromatic N) is 6. The lowest BCUT2D eigenvalue weighted by molar-refractivity contribution is -0.146. The largest absolute Gasteiger partial charge is 0.496 e. The van der Waals surface area contributed by atoms with Crippen LogP contribution in [0.25, 0.3) is 5.69 Å². The van der Waals surface area contributed by atoms with Gasteiger partial charge in [-0.25, -0.2) is 0 Å². The molecular weight excluding hydrogens is 644 g/mol. The Balaban J connectivity index is 0.00000240. The first-order valence-corrected chi connectivity index (χ1v) is 14.5. The number of carboxylic acid groups (broad SMARTS) is 1. The Kier molecular flexibility index (Phi) is 11.3. The zero-order valence-electron chi connectivity index (χ0n) is 25.0. The Morgan fingerprint density at radius 2 is 1.63 bits per heavy atom. The SMILES string of the molecule is COc1ccc(-n2nnnc2C(F)(F)F)cc1CN1C[C@@H]2C[C@@H](CC(=O)O)CN2[C@H](C(c2ccccc2)c2ccccc2)C1.Cl.Cl. The van der Waals surface area contributed by atoms with E-state index in [4.69, 9.17) is 4.74 Å². The smallest absolute Gasteiger partial charge is 0.453 e. The molecule has 3 heterocycles. The number of hydrogen-bond acceptors (Lipinski definition) is 7. The summed E-state index contributed by atoms with van der Waals surface area (Å²) in [6.45, 7) is 2.47. The number of hydrogen-bond donors (Lipinski definition) is 1. The van der Waals surface area contributed by atoms with Crippen LogP contribution >= 0.6 is 24.8 Å². The summed E-state index contributed by atoms with van der Waals surface area (Å²) in [6, 6.07) is 25.6. The maximum Gasteiger partial charge on any atom is 0.453 e. The van der Waals surface area contributed by atoms with Crippen LogP contribution in [-0.4, -0.2) is 79.9 Å². The van der Waals surface area contributed by atoms with Gasteiger partial charge in [-0.2, -0.15) is 17.9 Å². The van der Waals surface area contributed by atoms with Gasteiger partial charge in [-0.05, 0) is 52.1 Å². The summed E-state index contributed by atoms with van der Waals surface area (Å²) >= 11 is 0. The quantitative estimate of drug-likeness (QED) is 0.240. The van der Waals surface area contributed by atoms with Crippen molar-refractivity contribution in [2.24, 2.45) is 5.92 Å². The number of aromatic nitrogens is 4. The third-order valence-electron chi connectivity index (χ3n) is 8.67. The third-order valence-corrected chi connectivity index (χ3v) is 8.67. The second-order valence-electron chi connectivity index (χ2n) is 11.5. The van der Waals surface area contributed by atoms with Gasteiger partial charge in [0.1, 0.15) is 5.75 Å². The predicted octanol–water partition coefficient (Wildman–Crippen LogP) is 5.71. The number of carbonyl (C=O) groups is 1. The highest BCUT2D eigenvalue weighted by Gasteiger charge is 2.45. The van der Waals surface area contributed by atoms with Gasteiger partial charge in [-0.15, -0.1) is 29.9 Å². The van der Waals surface area contributed by atoms with Gasteiger partial charge in [-0.1, -0.05) is 60.7 Å². The zero-order chi connectivity index (χ0) is 30.8. The molecule has 0 amide bonds. The molecule has 0 bridgehead atoms. The fraction of sp³-hybridized carbons (Fsp3) is 0.375. The van der Waals surface area contributed by atoms with Gasteiger partial charge in [-0.3, -0.25) is 14.6 Å². The number of alkyl halides is 3. The summed E-state index contributed by atoms with van der Waals surface area (Å²) in [5, 5.41) is 19.6. The van der Waals surface area contributed by atoms with E-state index < -0.39 is 18.0 Å².